The van der Waals surface area contributed by atoms with Crippen molar-refractivity contribution in [1.82, 2.24) is 5.32 Å². The van der Waals surface area contributed by atoms with Gasteiger partial charge in [0.1, 0.15) is 5.75 Å². The Balaban J connectivity index is 1.86. The molecule has 20 heavy (non-hydrogen) atoms. The highest BCUT2D eigenvalue weighted by atomic mass is 32.2. The van der Waals surface area contributed by atoms with Crippen molar-refractivity contribution in [2.75, 3.05) is 26.5 Å². The fraction of sp³-hybridized carbons (Fsp3) is 0.625. The van der Waals surface area contributed by atoms with Crippen molar-refractivity contribution in [3.63, 3.8) is 0 Å². The number of rotatable bonds is 7. The predicted molar refractivity (Wildman–Crippen MR) is 84.6 cm³/mol. The van der Waals surface area contributed by atoms with Crippen LogP contribution in [0.4, 0.5) is 0 Å². The van der Waals surface area contributed by atoms with Crippen molar-refractivity contribution in [3.8, 4) is 5.75 Å². The van der Waals surface area contributed by atoms with Gasteiger partial charge in [0.05, 0.1) is 13.7 Å². The molecule has 3 nitrogen and oxygen atoms in total. The van der Waals surface area contributed by atoms with E-state index >= 15 is 0 Å². The number of aliphatic hydroxyl groups is 1. The summed E-state index contributed by atoms with van der Waals surface area (Å²) in [5, 5.41) is 13.1. The maximum absolute atomic E-state index is 9.69. The molecule has 0 aromatic heterocycles. The molecule has 112 valence electrons. The summed E-state index contributed by atoms with van der Waals surface area (Å²) in [5.41, 5.74) is -0.0467. The third kappa shape index (κ3) is 3.48. The molecule has 1 saturated carbocycles. The van der Waals surface area contributed by atoms with Gasteiger partial charge in [0.25, 0.3) is 0 Å². The minimum absolute atomic E-state index is 0.0467. The van der Waals surface area contributed by atoms with Gasteiger partial charge in [-0.15, -0.1) is 11.8 Å². The molecule has 1 aromatic rings. The monoisotopic (exact) mass is 295 g/mol. The molecule has 1 aromatic carbocycles. The molecule has 4 heteroatoms. The van der Waals surface area contributed by atoms with Crippen LogP contribution < -0.4 is 10.1 Å². The van der Waals surface area contributed by atoms with E-state index in [0.717, 1.165) is 24.3 Å². The molecular weight excluding hydrogens is 270 g/mol. The van der Waals surface area contributed by atoms with Crippen LogP contribution in [0.2, 0.25) is 0 Å². The van der Waals surface area contributed by atoms with Crippen LogP contribution in [0.15, 0.2) is 29.2 Å². The summed E-state index contributed by atoms with van der Waals surface area (Å²) in [4.78, 5) is 1.25. The highest BCUT2D eigenvalue weighted by molar-refractivity contribution is 7.99. The van der Waals surface area contributed by atoms with Gasteiger partial charge in [-0.2, -0.15) is 0 Å². The SMILES string of the molecule is CNC1(CO)CCCC1CCSc1cccc(OC)c1. The summed E-state index contributed by atoms with van der Waals surface area (Å²) in [5.74, 6) is 2.58. The van der Waals surface area contributed by atoms with E-state index in [2.05, 4.69) is 17.4 Å². The summed E-state index contributed by atoms with van der Waals surface area (Å²) in [6.45, 7) is 0.248. The van der Waals surface area contributed by atoms with Crippen LogP contribution in [0, 0.1) is 5.92 Å². The summed E-state index contributed by atoms with van der Waals surface area (Å²) in [6, 6.07) is 8.21. The van der Waals surface area contributed by atoms with E-state index in [1.165, 1.54) is 17.7 Å². The van der Waals surface area contributed by atoms with E-state index in [9.17, 15) is 5.11 Å². The van der Waals surface area contributed by atoms with E-state index in [1.54, 1.807) is 7.11 Å². The van der Waals surface area contributed by atoms with E-state index in [-0.39, 0.29) is 12.1 Å². The molecule has 0 amide bonds. The van der Waals surface area contributed by atoms with Crippen LogP contribution in [0.1, 0.15) is 25.7 Å². The maximum Gasteiger partial charge on any atom is 0.119 e. The number of ether oxygens (including phenoxy) is 1. The first-order chi connectivity index (χ1) is 9.74. The Hall–Kier alpha value is -0.710. The highest BCUT2D eigenvalue weighted by Crippen LogP contribution is 2.38. The molecule has 2 rings (SSSR count). The summed E-state index contributed by atoms with van der Waals surface area (Å²) in [7, 11) is 3.68. The van der Waals surface area contributed by atoms with E-state index in [0.29, 0.717) is 5.92 Å². The molecule has 0 bridgehead atoms. The van der Waals surface area contributed by atoms with Gasteiger partial charge in [0.15, 0.2) is 0 Å². The fourth-order valence-corrected chi connectivity index (χ4v) is 4.20. The molecule has 1 fully saturated rings. The summed E-state index contributed by atoms with van der Waals surface area (Å²) in [6.07, 6.45) is 4.67. The standard InChI is InChI=1S/C16H25NO2S/c1-17-16(12-18)9-4-5-13(16)8-10-20-15-7-3-6-14(11-15)19-2/h3,6-7,11,13,17-18H,4-5,8-10,12H2,1-2H3. The average Bonchev–Trinajstić information content (AvgIpc) is 2.91. The van der Waals surface area contributed by atoms with Crippen molar-refractivity contribution in [2.24, 2.45) is 5.92 Å². The Morgan fingerprint density at radius 1 is 1.50 bits per heavy atom. The minimum Gasteiger partial charge on any atom is -0.497 e. The van der Waals surface area contributed by atoms with Gasteiger partial charge >= 0.3 is 0 Å². The third-order valence-corrected chi connectivity index (χ3v) is 5.54. The molecule has 2 N–H and O–H groups in total. The second kappa shape index (κ2) is 7.34. The Morgan fingerprint density at radius 3 is 3.05 bits per heavy atom. The first-order valence-electron chi connectivity index (χ1n) is 7.31. The molecule has 0 heterocycles. The number of aliphatic hydroxyl groups excluding tert-OH is 1. The van der Waals surface area contributed by atoms with E-state index in [1.807, 2.05) is 30.9 Å². The van der Waals surface area contributed by atoms with Gasteiger partial charge in [-0.1, -0.05) is 12.5 Å². The summed E-state index contributed by atoms with van der Waals surface area (Å²) < 4.78 is 5.25. The molecule has 0 radical (unpaired) electrons. The topological polar surface area (TPSA) is 41.5 Å². The zero-order chi connectivity index (χ0) is 14.4. The normalized spacial score (nSPS) is 25.9. The van der Waals surface area contributed by atoms with Gasteiger partial charge in [-0.05, 0) is 56.2 Å². The Bertz CT molecular complexity index is 421. The number of nitrogens with one attached hydrogen (secondary N) is 1. The van der Waals surface area contributed by atoms with Crippen molar-refractivity contribution >= 4 is 11.8 Å². The number of thioether (sulfide) groups is 1. The highest BCUT2D eigenvalue weighted by Gasteiger charge is 2.40. The molecule has 0 saturated heterocycles. The Morgan fingerprint density at radius 2 is 2.35 bits per heavy atom. The van der Waals surface area contributed by atoms with Crippen molar-refractivity contribution < 1.29 is 9.84 Å². The van der Waals surface area contributed by atoms with Crippen LogP contribution >= 0.6 is 11.8 Å². The molecule has 1 aliphatic carbocycles. The van der Waals surface area contributed by atoms with Crippen LogP contribution in [0.3, 0.4) is 0 Å². The van der Waals surface area contributed by atoms with Crippen LogP contribution in [0.5, 0.6) is 5.75 Å². The predicted octanol–water partition coefficient (Wildman–Crippen LogP) is 2.93. The van der Waals surface area contributed by atoms with Crippen molar-refractivity contribution in [2.45, 2.75) is 36.1 Å². The van der Waals surface area contributed by atoms with Crippen LogP contribution in [0.25, 0.3) is 0 Å². The second-order valence-electron chi connectivity index (χ2n) is 5.47. The molecule has 2 atom stereocenters. The summed E-state index contributed by atoms with van der Waals surface area (Å²) >= 11 is 1.87. The van der Waals surface area contributed by atoms with Gasteiger partial charge < -0.3 is 15.2 Å². The zero-order valence-corrected chi connectivity index (χ0v) is 13.2. The van der Waals surface area contributed by atoms with Crippen LogP contribution in [-0.4, -0.2) is 37.2 Å². The molecule has 0 aliphatic heterocycles. The third-order valence-electron chi connectivity index (χ3n) is 4.51. The minimum atomic E-state index is -0.0467. The maximum atomic E-state index is 9.69. The van der Waals surface area contributed by atoms with E-state index in [4.69, 9.17) is 4.74 Å². The average molecular weight is 295 g/mol. The smallest absolute Gasteiger partial charge is 0.119 e. The zero-order valence-electron chi connectivity index (χ0n) is 12.4. The number of hydrogen-bond acceptors (Lipinski definition) is 4. The Labute approximate surface area is 126 Å². The lowest BCUT2D eigenvalue weighted by Crippen LogP contribution is -2.49. The molecular formula is C16H25NO2S. The molecule has 2 unspecified atom stereocenters. The van der Waals surface area contributed by atoms with Gasteiger partial charge in [-0.25, -0.2) is 0 Å². The number of methoxy groups -OCH3 is 1. The first kappa shape index (κ1) is 15.7. The Kier molecular flexibility index (Phi) is 5.75. The largest absolute Gasteiger partial charge is 0.497 e. The molecule has 0 spiro atoms. The fourth-order valence-electron chi connectivity index (χ4n) is 3.19. The second-order valence-corrected chi connectivity index (χ2v) is 6.64. The lowest BCUT2D eigenvalue weighted by atomic mass is 9.86. The van der Waals surface area contributed by atoms with E-state index < -0.39 is 0 Å². The van der Waals surface area contributed by atoms with Crippen molar-refractivity contribution in [1.29, 1.82) is 0 Å². The van der Waals surface area contributed by atoms with Gasteiger partial charge in [0, 0.05) is 10.4 Å². The lowest BCUT2D eigenvalue weighted by Gasteiger charge is -2.33. The number of hydrogen-bond donors (Lipinski definition) is 2. The van der Waals surface area contributed by atoms with Crippen molar-refractivity contribution in [3.05, 3.63) is 24.3 Å². The first-order valence-corrected chi connectivity index (χ1v) is 8.29. The number of benzene rings is 1. The quantitative estimate of drug-likeness (QED) is 0.759. The number of likely N-dealkylation sites (N-methyl/N-ethyl adjacent to an activating group) is 1. The van der Waals surface area contributed by atoms with Gasteiger partial charge in [-0.3, -0.25) is 0 Å². The molecule has 1 aliphatic rings. The van der Waals surface area contributed by atoms with Gasteiger partial charge in [0.2, 0.25) is 0 Å². The lowest BCUT2D eigenvalue weighted by molar-refractivity contribution is 0.130. The van der Waals surface area contributed by atoms with Crippen LogP contribution in [-0.2, 0) is 0 Å².